The molecule has 2 heterocycles. The summed E-state index contributed by atoms with van der Waals surface area (Å²) in [6.07, 6.45) is 2.68. The first kappa shape index (κ1) is 26.8. The molecule has 2 aromatic carbocycles. The van der Waals surface area contributed by atoms with Gasteiger partial charge in [0.2, 0.25) is 0 Å². The van der Waals surface area contributed by atoms with Crippen molar-refractivity contribution in [2.45, 2.75) is 26.3 Å². The molecule has 1 atom stereocenters. The van der Waals surface area contributed by atoms with Crippen LogP contribution in [0.3, 0.4) is 0 Å². The summed E-state index contributed by atoms with van der Waals surface area (Å²) in [6, 6.07) is 15.6. The number of aromatic nitrogens is 3. The van der Waals surface area contributed by atoms with Gasteiger partial charge >= 0.3 is 12.0 Å². The monoisotopic (exact) mass is 551 g/mol. The van der Waals surface area contributed by atoms with Crippen LogP contribution < -0.4 is 16.2 Å². The summed E-state index contributed by atoms with van der Waals surface area (Å²) in [5, 5.41) is 19.1. The Hall–Kier alpha value is -4.21. The molecule has 194 valence electrons. The van der Waals surface area contributed by atoms with Crippen molar-refractivity contribution >= 4 is 46.6 Å². The van der Waals surface area contributed by atoms with Gasteiger partial charge in [0.15, 0.2) is 0 Å². The second kappa shape index (κ2) is 11.5. The largest absolute Gasteiger partial charge is 0.481 e. The number of urea groups is 1. The Labute approximate surface area is 228 Å². The molecule has 0 unspecified atom stereocenters. The number of hydrogen-bond acceptors (Lipinski definition) is 5. The van der Waals surface area contributed by atoms with E-state index in [0.717, 1.165) is 16.7 Å². The number of benzene rings is 2. The van der Waals surface area contributed by atoms with Crippen LogP contribution in [0, 0.1) is 0 Å². The minimum Gasteiger partial charge on any atom is -0.481 e. The van der Waals surface area contributed by atoms with Gasteiger partial charge in [-0.1, -0.05) is 65.7 Å². The number of carboxylic acids is 1. The van der Waals surface area contributed by atoms with E-state index < -0.39 is 23.5 Å². The van der Waals surface area contributed by atoms with Gasteiger partial charge < -0.3 is 15.7 Å². The number of hydrogen-bond donors (Lipinski definition) is 3. The van der Waals surface area contributed by atoms with Crippen LogP contribution in [0.2, 0.25) is 10.0 Å². The maximum atomic E-state index is 12.9. The lowest BCUT2D eigenvalue weighted by Crippen LogP contribution is -2.29. The third kappa shape index (κ3) is 5.85. The van der Waals surface area contributed by atoms with Crippen LogP contribution in [0.15, 0.2) is 71.8 Å². The van der Waals surface area contributed by atoms with E-state index >= 15 is 0 Å². The predicted octanol–water partition coefficient (Wildman–Crippen LogP) is 6.13. The van der Waals surface area contributed by atoms with E-state index in [1.54, 1.807) is 26.0 Å². The zero-order chi connectivity index (χ0) is 27.4. The van der Waals surface area contributed by atoms with Gasteiger partial charge in [-0.2, -0.15) is 5.10 Å². The molecule has 38 heavy (non-hydrogen) atoms. The molecule has 11 heteroatoms. The lowest BCUT2D eigenvalue weighted by molar-refractivity contribution is -0.138. The van der Waals surface area contributed by atoms with Crippen molar-refractivity contribution < 1.29 is 14.7 Å². The van der Waals surface area contributed by atoms with E-state index in [-0.39, 0.29) is 28.0 Å². The fourth-order valence-corrected chi connectivity index (χ4v) is 4.21. The van der Waals surface area contributed by atoms with Gasteiger partial charge in [0.25, 0.3) is 5.56 Å². The highest BCUT2D eigenvalue weighted by molar-refractivity contribution is 6.39. The highest BCUT2D eigenvalue weighted by Crippen LogP contribution is 2.29. The Bertz CT molecular complexity index is 1550. The molecule has 2 amide bonds. The van der Waals surface area contributed by atoms with Gasteiger partial charge in [-0.25, -0.2) is 9.48 Å². The van der Waals surface area contributed by atoms with Gasteiger partial charge in [-0.05, 0) is 42.7 Å². The molecule has 0 radical (unpaired) electrons. The second-order valence-electron chi connectivity index (χ2n) is 8.38. The molecule has 0 bridgehead atoms. The number of pyridine rings is 1. The van der Waals surface area contributed by atoms with Crippen molar-refractivity contribution in [2.24, 2.45) is 0 Å². The van der Waals surface area contributed by atoms with Crippen LogP contribution in [0.25, 0.3) is 22.4 Å². The third-order valence-electron chi connectivity index (χ3n) is 5.89. The fraction of sp³-hybridized carbons (Fsp3) is 0.148. The summed E-state index contributed by atoms with van der Waals surface area (Å²) in [4.78, 5) is 40.7. The number of aryl methyl sites for hydroxylation is 1. The smallest absolute Gasteiger partial charge is 0.323 e. The summed E-state index contributed by atoms with van der Waals surface area (Å²) in [7, 11) is 0. The molecule has 0 aliphatic rings. The van der Waals surface area contributed by atoms with E-state index in [4.69, 9.17) is 23.2 Å². The van der Waals surface area contributed by atoms with E-state index in [2.05, 4.69) is 20.7 Å². The molecule has 0 spiro atoms. The summed E-state index contributed by atoms with van der Waals surface area (Å²) in [5.41, 5.74) is 3.38. The standard InChI is InChI=1S/C27H23Cl2N5O4/c1-3-34-25(35)23(31-27(38)32-24-20(28)13-30-14-21(24)29)12-22(33-34)19-6-4-5-18(11-19)17-9-7-16(8-10-17)15(2)26(36)37/h4-15H,3H2,1-2H3,(H,36,37)(H2,30,31,32,38)/t15-/m0/s1. The molecule has 0 aliphatic carbocycles. The normalized spacial score (nSPS) is 11.6. The average Bonchev–Trinajstić information content (AvgIpc) is 2.91. The van der Waals surface area contributed by atoms with Gasteiger partial charge in [-0.3, -0.25) is 14.6 Å². The Morgan fingerprint density at radius 1 is 0.974 bits per heavy atom. The Morgan fingerprint density at radius 3 is 2.26 bits per heavy atom. The van der Waals surface area contributed by atoms with Gasteiger partial charge in [-0.15, -0.1) is 0 Å². The molecule has 9 nitrogen and oxygen atoms in total. The zero-order valence-corrected chi connectivity index (χ0v) is 21.9. The van der Waals surface area contributed by atoms with Crippen molar-refractivity contribution in [1.82, 2.24) is 14.8 Å². The number of rotatable bonds is 7. The summed E-state index contributed by atoms with van der Waals surface area (Å²) < 4.78 is 1.26. The van der Waals surface area contributed by atoms with Crippen LogP contribution in [-0.4, -0.2) is 31.9 Å². The Morgan fingerprint density at radius 2 is 1.63 bits per heavy atom. The van der Waals surface area contributed by atoms with Crippen molar-refractivity contribution in [3.05, 3.63) is 93.0 Å². The topological polar surface area (TPSA) is 126 Å². The number of nitrogens with zero attached hydrogens (tertiary/aromatic N) is 3. The molecule has 0 saturated heterocycles. The minimum absolute atomic E-state index is 0.0214. The van der Waals surface area contributed by atoms with Gasteiger partial charge in [0.1, 0.15) is 5.69 Å². The maximum Gasteiger partial charge on any atom is 0.323 e. The van der Waals surface area contributed by atoms with Gasteiger partial charge in [0, 0.05) is 24.5 Å². The number of aliphatic carboxylic acids is 1. The molecule has 3 N–H and O–H groups in total. The Kier molecular flexibility index (Phi) is 8.09. The summed E-state index contributed by atoms with van der Waals surface area (Å²) in [6.45, 7) is 3.70. The van der Waals surface area contributed by atoms with E-state index in [1.807, 2.05) is 36.4 Å². The lowest BCUT2D eigenvalue weighted by atomic mass is 9.96. The first-order valence-electron chi connectivity index (χ1n) is 11.6. The molecule has 0 saturated carbocycles. The minimum atomic E-state index is -0.887. The van der Waals surface area contributed by atoms with E-state index in [9.17, 15) is 19.5 Å². The zero-order valence-electron chi connectivity index (χ0n) is 20.4. The summed E-state index contributed by atoms with van der Waals surface area (Å²) >= 11 is 12.1. The van der Waals surface area contributed by atoms with E-state index in [0.29, 0.717) is 11.3 Å². The quantitative estimate of drug-likeness (QED) is 0.253. The van der Waals surface area contributed by atoms with Crippen LogP contribution in [0.4, 0.5) is 16.2 Å². The average molecular weight is 552 g/mol. The number of carbonyl (C=O) groups is 2. The summed E-state index contributed by atoms with van der Waals surface area (Å²) in [5.74, 6) is -1.50. The number of nitrogens with one attached hydrogen (secondary N) is 2. The van der Waals surface area contributed by atoms with E-state index in [1.165, 1.54) is 23.1 Å². The van der Waals surface area contributed by atoms with Crippen LogP contribution in [0.1, 0.15) is 25.3 Å². The lowest BCUT2D eigenvalue weighted by Gasteiger charge is -2.13. The predicted molar refractivity (Wildman–Crippen MR) is 148 cm³/mol. The molecule has 0 aliphatic heterocycles. The SMILES string of the molecule is CCn1nc(-c2cccc(-c3ccc([C@H](C)C(=O)O)cc3)c2)cc(NC(=O)Nc2c(Cl)cncc2Cl)c1=O. The number of anilines is 2. The third-order valence-corrected chi connectivity index (χ3v) is 6.46. The van der Waals surface area contributed by atoms with Crippen LogP contribution in [-0.2, 0) is 11.3 Å². The van der Waals surface area contributed by atoms with Crippen LogP contribution >= 0.6 is 23.2 Å². The second-order valence-corrected chi connectivity index (χ2v) is 9.20. The molecular weight excluding hydrogens is 529 g/mol. The van der Waals surface area contributed by atoms with Crippen molar-refractivity contribution in [1.29, 1.82) is 0 Å². The number of carboxylic acid groups (broad SMARTS) is 1. The van der Waals surface area contributed by atoms with Crippen molar-refractivity contribution in [3.63, 3.8) is 0 Å². The molecule has 4 rings (SSSR count). The fourth-order valence-electron chi connectivity index (χ4n) is 3.75. The highest BCUT2D eigenvalue weighted by Gasteiger charge is 2.16. The molecule has 0 fully saturated rings. The number of carbonyl (C=O) groups excluding carboxylic acids is 1. The number of amides is 2. The maximum absolute atomic E-state index is 12.9. The molecule has 4 aromatic rings. The van der Waals surface area contributed by atoms with Crippen molar-refractivity contribution in [3.8, 4) is 22.4 Å². The molecular formula is C27H23Cl2N5O4. The first-order valence-corrected chi connectivity index (χ1v) is 12.4. The van der Waals surface area contributed by atoms with Crippen molar-refractivity contribution in [2.75, 3.05) is 10.6 Å². The highest BCUT2D eigenvalue weighted by atomic mass is 35.5. The first-order chi connectivity index (χ1) is 18.2. The van der Waals surface area contributed by atoms with Gasteiger partial charge in [0.05, 0.1) is 27.3 Å². The van der Waals surface area contributed by atoms with Crippen LogP contribution in [0.5, 0.6) is 0 Å². The Balaban J connectivity index is 1.64. The number of halogens is 2. The molecule has 2 aromatic heterocycles.